The Morgan fingerprint density at radius 2 is 1.70 bits per heavy atom. The van der Waals surface area contributed by atoms with Crippen LogP contribution in [0, 0.1) is 0 Å². The number of rotatable bonds is 6. The first-order valence-corrected chi connectivity index (χ1v) is 13.5. The molecule has 1 aliphatic heterocycles. The van der Waals surface area contributed by atoms with Gasteiger partial charge in [0.25, 0.3) is 5.91 Å². The molecule has 3 aromatic rings. The number of anilines is 3. The van der Waals surface area contributed by atoms with Gasteiger partial charge in [0.2, 0.25) is 5.91 Å². The van der Waals surface area contributed by atoms with Gasteiger partial charge in [-0.05, 0) is 42.5 Å². The van der Waals surface area contributed by atoms with E-state index >= 15 is 0 Å². The highest BCUT2D eigenvalue weighted by molar-refractivity contribution is 8.00. The number of fused-ring (bicyclic) bond motifs is 2. The molecule has 1 heterocycles. The normalized spacial score (nSPS) is 17.5. The topological polar surface area (TPSA) is 105 Å². The molecule has 5 rings (SSSR count). The van der Waals surface area contributed by atoms with Crippen molar-refractivity contribution >= 4 is 58.4 Å². The molecule has 0 saturated heterocycles. The van der Waals surface area contributed by atoms with E-state index in [0.717, 1.165) is 15.5 Å². The summed E-state index contributed by atoms with van der Waals surface area (Å²) in [6.07, 6.45) is 8.16. The van der Waals surface area contributed by atoms with E-state index in [1.165, 1.54) is 11.8 Å². The third-order valence-electron chi connectivity index (χ3n) is 5.88. The summed E-state index contributed by atoms with van der Waals surface area (Å²) >= 11 is 3.09. The number of amides is 4. The SMILES string of the molecule is NC(=O)c1ccccc1NC(=O)CSc1cccc(NC(=O)N2c3ccccc3SC3C=CC=CC32)c1. The van der Waals surface area contributed by atoms with E-state index in [1.807, 2.05) is 60.7 Å². The number of benzene rings is 3. The molecule has 3 aromatic carbocycles. The lowest BCUT2D eigenvalue weighted by atomic mass is 10.1. The molecule has 0 bridgehead atoms. The van der Waals surface area contributed by atoms with Crippen molar-refractivity contribution in [3.63, 3.8) is 0 Å². The Hall–Kier alpha value is -3.95. The van der Waals surface area contributed by atoms with Gasteiger partial charge in [-0.1, -0.05) is 54.6 Å². The lowest BCUT2D eigenvalue weighted by molar-refractivity contribution is -0.113. The van der Waals surface area contributed by atoms with Crippen LogP contribution in [0.2, 0.25) is 0 Å². The van der Waals surface area contributed by atoms with Crippen LogP contribution in [0.4, 0.5) is 21.9 Å². The Kier molecular flexibility index (Phi) is 7.34. The van der Waals surface area contributed by atoms with Crippen molar-refractivity contribution in [1.82, 2.24) is 0 Å². The van der Waals surface area contributed by atoms with Crippen molar-refractivity contribution in [3.05, 3.63) is 103 Å². The number of urea groups is 1. The molecular formula is C28H24N4O3S2. The maximum atomic E-state index is 13.5. The van der Waals surface area contributed by atoms with Gasteiger partial charge in [0.15, 0.2) is 0 Å². The first kappa shape index (κ1) is 24.7. The van der Waals surface area contributed by atoms with Crippen molar-refractivity contribution in [2.24, 2.45) is 5.73 Å². The zero-order valence-electron chi connectivity index (χ0n) is 19.7. The van der Waals surface area contributed by atoms with E-state index in [0.29, 0.717) is 11.4 Å². The monoisotopic (exact) mass is 528 g/mol. The quantitative estimate of drug-likeness (QED) is 0.365. The highest BCUT2D eigenvalue weighted by Crippen LogP contribution is 2.43. The van der Waals surface area contributed by atoms with Gasteiger partial charge in [-0.15, -0.1) is 23.5 Å². The second-order valence-corrected chi connectivity index (χ2v) is 10.7. The van der Waals surface area contributed by atoms with Gasteiger partial charge in [0.1, 0.15) is 0 Å². The van der Waals surface area contributed by atoms with Crippen LogP contribution in [0.15, 0.2) is 107 Å². The number of nitrogens with one attached hydrogen (secondary N) is 2. The summed E-state index contributed by atoms with van der Waals surface area (Å²) < 4.78 is 0. The van der Waals surface area contributed by atoms with Crippen LogP contribution in [-0.2, 0) is 4.79 Å². The van der Waals surface area contributed by atoms with Gasteiger partial charge in [0.05, 0.1) is 34.0 Å². The zero-order valence-corrected chi connectivity index (χ0v) is 21.3. The van der Waals surface area contributed by atoms with E-state index < -0.39 is 5.91 Å². The van der Waals surface area contributed by atoms with E-state index in [-0.39, 0.29) is 34.5 Å². The summed E-state index contributed by atoms with van der Waals surface area (Å²) in [6, 6.07) is 21.6. The highest BCUT2D eigenvalue weighted by Gasteiger charge is 2.36. The number of thioether (sulfide) groups is 2. The fourth-order valence-electron chi connectivity index (χ4n) is 4.21. The number of carbonyl (C=O) groups excluding carboxylic acids is 3. The van der Waals surface area contributed by atoms with Crippen LogP contribution in [0.5, 0.6) is 0 Å². The molecule has 2 atom stereocenters. The summed E-state index contributed by atoms with van der Waals surface area (Å²) in [4.78, 5) is 41.3. The zero-order chi connectivity index (χ0) is 25.8. The highest BCUT2D eigenvalue weighted by atomic mass is 32.2. The van der Waals surface area contributed by atoms with Crippen LogP contribution in [0.25, 0.3) is 0 Å². The van der Waals surface area contributed by atoms with Gasteiger partial charge in [-0.3, -0.25) is 14.5 Å². The molecule has 4 N–H and O–H groups in total. The van der Waals surface area contributed by atoms with Crippen molar-refractivity contribution in [2.75, 3.05) is 21.3 Å². The molecule has 0 spiro atoms. The van der Waals surface area contributed by atoms with E-state index in [9.17, 15) is 14.4 Å². The Morgan fingerprint density at radius 1 is 0.919 bits per heavy atom. The molecule has 7 nitrogen and oxygen atoms in total. The second kappa shape index (κ2) is 11.0. The van der Waals surface area contributed by atoms with Gasteiger partial charge in [-0.2, -0.15) is 0 Å². The number of nitrogens with zero attached hydrogens (tertiary/aromatic N) is 1. The Morgan fingerprint density at radius 3 is 2.57 bits per heavy atom. The summed E-state index contributed by atoms with van der Waals surface area (Å²) in [5.74, 6) is -0.742. The lowest BCUT2D eigenvalue weighted by Gasteiger charge is -2.40. The van der Waals surface area contributed by atoms with Crippen molar-refractivity contribution in [2.45, 2.75) is 21.1 Å². The summed E-state index contributed by atoms with van der Waals surface area (Å²) in [5.41, 5.74) is 7.54. The molecule has 0 saturated carbocycles. The van der Waals surface area contributed by atoms with Gasteiger partial charge in [0, 0.05) is 15.5 Å². The van der Waals surface area contributed by atoms with Crippen molar-refractivity contribution in [3.8, 4) is 0 Å². The standard InChI is InChI=1S/C28H24N4O3S2/c29-27(34)20-10-1-2-11-21(20)31-26(33)17-36-19-9-7-8-18(16-19)30-28(35)32-22-12-3-5-14-24(22)37-25-15-6-4-13-23(25)32/h1-16,22,24H,17H2,(H2,29,34)(H,30,35)(H,31,33). The maximum Gasteiger partial charge on any atom is 0.326 e. The molecule has 1 aliphatic carbocycles. The number of nitrogens with two attached hydrogens (primary N) is 1. The fourth-order valence-corrected chi connectivity index (χ4v) is 6.23. The average molecular weight is 529 g/mol. The predicted molar refractivity (Wildman–Crippen MR) is 150 cm³/mol. The second-order valence-electron chi connectivity index (χ2n) is 8.39. The van der Waals surface area contributed by atoms with Crippen molar-refractivity contribution in [1.29, 1.82) is 0 Å². The average Bonchev–Trinajstić information content (AvgIpc) is 2.91. The molecule has 0 radical (unpaired) electrons. The van der Waals surface area contributed by atoms with Crippen LogP contribution >= 0.6 is 23.5 Å². The van der Waals surface area contributed by atoms with Crippen LogP contribution < -0.4 is 21.3 Å². The number of primary amides is 1. The predicted octanol–water partition coefficient (Wildman–Crippen LogP) is 5.52. The summed E-state index contributed by atoms with van der Waals surface area (Å²) in [7, 11) is 0. The molecule has 37 heavy (non-hydrogen) atoms. The third kappa shape index (κ3) is 5.58. The smallest absolute Gasteiger partial charge is 0.326 e. The molecular weight excluding hydrogens is 504 g/mol. The maximum absolute atomic E-state index is 13.5. The number of carbonyl (C=O) groups is 3. The Balaban J connectivity index is 1.26. The molecule has 9 heteroatoms. The van der Waals surface area contributed by atoms with E-state index in [2.05, 4.69) is 22.8 Å². The first-order chi connectivity index (χ1) is 18.0. The molecule has 0 aromatic heterocycles. The first-order valence-electron chi connectivity index (χ1n) is 11.6. The van der Waals surface area contributed by atoms with Gasteiger partial charge >= 0.3 is 6.03 Å². The molecule has 2 aliphatic rings. The minimum Gasteiger partial charge on any atom is -0.366 e. The van der Waals surface area contributed by atoms with Crippen LogP contribution in [0.3, 0.4) is 0 Å². The molecule has 0 fully saturated rings. The number of para-hydroxylation sites is 2. The Labute approximate surface area is 223 Å². The summed E-state index contributed by atoms with van der Waals surface area (Å²) in [5, 5.41) is 5.91. The fraction of sp³-hybridized carbons (Fsp3) is 0.107. The molecule has 2 unspecified atom stereocenters. The van der Waals surface area contributed by atoms with Crippen molar-refractivity contribution < 1.29 is 14.4 Å². The number of allylic oxidation sites excluding steroid dienone is 2. The molecule has 186 valence electrons. The third-order valence-corrected chi connectivity index (χ3v) is 8.18. The van der Waals surface area contributed by atoms with E-state index in [1.54, 1.807) is 40.9 Å². The lowest BCUT2D eigenvalue weighted by Crippen LogP contribution is -2.49. The Bertz CT molecular complexity index is 1420. The summed E-state index contributed by atoms with van der Waals surface area (Å²) in [6.45, 7) is 0. The van der Waals surface area contributed by atoms with E-state index in [4.69, 9.17) is 5.73 Å². The van der Waals surface area contributed by atoms with Crippen LogP contribution in [-0.4, -0.2) is 34.9 Å². The largest absolute Gasteiger partial charge is 0.366 e. The molecule has 4 amide bonds. The number of hydrogen-bond donors (Lipinski definition) is 3. The van der Waals surface area contributed by atoms with Crippen LogP contribution in [0.1, 0.15) is 10.4 Å². The minimum atomic E-state index is -0.604. The minimum absolute atomic E-state index is 0.0885. The number of hydrogen-bond acceptors (Lipinski definition) is 5. The van der Waals surface area contributed by atoms with Gasteiger partial charge in [-0.25, -0.2) is 4.79 Å². The van der Waals surface area contributed by atoms with Gasteiger partial charge < -0.3 is 16.4 Å².